The van der Waals surface area contributed by atoms with Gasteiger partial charge in [0.2, 0.25) is 0 Å². The minimum absolute atomic E-state index is 0.0837. The summed E-state index contributed by atoms with van der Waals surface area (Å²) in [7, 11) is 1.71. The first-order chi connectivity index (χ1) is 10.5. The Morgan fingerprint density at radius 1 is 1.23 bits per heavy atom. The SMILES string of the molecule is CNc1nc(=O)n(-c2cc(O)ccc2C)c2cc(Cl)ccc12. The van der Waals surface area contributed by atoms with Gasteiger partial charge in [-0.1, -0.05) is 17.7 Å². The van der Waals surface area contributed by atoms with E-state index < -0.39 is 5.69 Å². The predicted molar refractivity (Wildman–Crippen MR) is 88.3 cm³/mol. The van der Waals surface area contributed by atoms with Gasteiger partial charge < -0.3 is 10.4 Å². The third-order valence-corrected chi connectivity index (χ3v) is 3.76. The van der Waals surface area contributed by atoms with Gasteiger partial charge in [-0.05, 0) is 36.8 Å². The van der Waals surface area contributed by atoms with Gasteiger partial charge in [-0.3, -0.25) is 4.57 Å². The molecule has 5 nitrogen and oxygen atoms in total. The van der Waals surface area contributed by atoms with E-state index in [1.807, 2.05) is 13.0 Å². The number of phenols is 1. The molecular weight excluding hydrogens is 302 g/mol. The van der Waals surface area contributed by atoms with Crippen molar-refractivity contribution in [2.45, 2.75) is 6.92 Å². The first kappa shape index (κ1) is 14.4. The minimum Gasteiger partial charge on any atom is -0.508 e. The first-order valence-corrected chi connectivity index (χ1v) is 7.09. The molecular formula is C16H14ClN3O2. The van der Waals surface area contributed by atoms with Crippen molar-refractivity contribution >= 4 is 28.3 Å². The Morgan fingerprint density at radius 2 is 2.00 bits per heavy atom. The van der Waals surface area contributed by atoms with E-state index in [1.165, 1.54) is 10.6 Å². The summed E-state index contributed by atoms with van der Waals surface area (Å²) in [6.07, 6.45) is 0. The minimum atomic E-state index is -0.437. The second-order valence-electron chi connectivity index (χ2n) is 4.96. The number of anilines is 1. The molecule has 0 atom stereocenters. The summed E-state index contributed by atoms with van der Waals surface area (Å²) in [5, 5.41) is 14.0. The van der Waals surface area contributed by atoms with Crippen LogP contribution in [0, 0.1) is 6.92 Å². The van der Waals surface area contributed by atoms with Crippen LogP contribution in [0.2, 0.25) is 5.02 Å². The van der Waals surface area contributed by atoms with Crippen LogP contribution in [0.3, 0.4) is 0 Å². The maximum absolute atomic E-state index is 12.5. The van der Waals surface area contributed by atoms with Gasteiger partial charge in [0.15, 0.2) is 0 Å². The van der Waals surface area contributed by atoms with E-state index in [-0.39, 0.29) is 5.75 Å². The number of rotatable bonds is 2. The fraction of sp³-hybridized carbons (Fsp3) is 0.125. The van der Waals surface area contributed by atoms with E-state index >= 15 is 0 Å². The van der Waals surface area contributed by atoms with Crippen LogP contribution in [0.25, 0.3) is 16.6 Å². The molecule has 2 N–H and O–H groups in total. The highest BCUT2D eigenvalue weighted by molar-refractivity contribution is 6.31. The van der Waals surface area contributed by atoms with Gasteiger partial charge in [0.1, 0.15) is 11.6 Å². The van der Waals surface area contributed by atoms with Crippen molar-refractivity contribution in [3.05, 3.63) is 57.5 Å². The number of aromatic hydroxyl groups is 1. The Labute approximate surface area is 131 Å². The van der Waals surface area contributed by atoms with Gasteiger partial charge in [0.25, 0.3) is 0 Å². The zero-order chi connectivity index (χ0) is 15.9. The highest BCUT2D eigenvalue weighted by Crippen LogP contribution is 2.27. The van der Waals surface area contributed by atoms with Crippen LogP contribution in [0.15, 0.2) is 41.2 Å². The fourth-order valence-corrected chi connectivity index (χ4v) is 2.63. The van der Waals surface area contributed by atoms with Crippen LogP contribution < -0.4 is 11.0 Å². The summed E-state index contributed by atoms with van der Waals surface area (Å²) >= 11 is 6.09. The molecule has 0 spiro atoms. The number of halogens is 1. The van der Waals surface area contributed by atoms with Crippen LogP contribution >= 0.6 is 11.6 Å². The lowest BCUT2D eigenvalue weighted by molar-refractivity contribution is 0.475. The van der Waals surface area contributed by atoms with E-state index in [1.54, 1.807) is 31.3 Å². The van der Waals surface area contributed by atoms with Crippen LogP contribution in [-0.2, 0) is 0 Å². The highest BCUT2D eigenvalue weighted by atomic mass is 35.5. The molecule has 0 saturated carbocycles. The molecule has 3 aromatic rings. The smallest absolute Gasteiger partial charge is 0.354 e. The lowest BCUT2D eigenvalue weighted by atomic mass is 10.1. The number of aryl methyl sites for hydroxylation is 1. The van der Waals surface area contributed by atoms with Gasteiger partial charge in [-0.2, -0.15) is 4.98 Å². The van der Waals surface area contributed by atoms with Crippen LogP contribution in [0.1, 0.15) is 5.56 Å². The van der Waals surface area contributed by atoms with Crippen LogP contribution in [0.5, 0.6) is 5.75 Å². The molecule has 0 aliphatic heterocycles. The number of hydrogen-bond donors (Lipinski definition) is 2. The zero-order valence-corrected chi connectivity index (χ0v) is 12.8. The lowest BCUT2D eigenvalue weighted by Crippen LogP contribution is -2.23. The molecule has 112 valence electrons. The van der Waals surface area contributed by atoms with Gasteiger partial charge in [-0.15, -0.1) is 0 Å². The number of nitrogens with zero attached hydrogens (tertiary/aromatic N) is 2. The third kappa shape index (κ3) is 2.29. The molecule has 6 heteroatoms. The average Bonchev–Trinajstić information content (AvgIpc) is 2.49. The topological polar surface area (TPSA) is 67.2 Å². The number of nitrogens with one attached hydrogen (secondary N) is 1. The number of phenolic OH excluding ortho intramolecular Hbond substituents is 1. The molecule has 0 fully saturated rings. The van der Waals surface area contributed by atoms with Crippen LogP contribution in [0.4, 0.5) is 5.82 Å². The second-order valence-corrected chi connectivity index (χ2v) is 5.40. The molecule has 0 aliphatic carbocycles. The van der Waals surface area contributed by atoms with Crippen molar-refractivity contribution in [2.24, 2.45) is 0 Å². The fourth-order valence-electron chi connectivity index (χ4n) is 2.46. The Bertz CT molecular complexity index is 935. The maximum atomic E-state index is 12.5. The van der Waals surface area contributed by atoms with E-state index in [2.05, 4.69) is 10.3 Å². The Morgan fingerprint density at radius 3 is 2.73 bits per heavy atom. The summed E-state index contributed by atoms with van der Waals surface area (Å²) in [4.78, 5) is 16.5. The van der Waals surface area contributed by atoms with Gasteiger partial charge >= 0.3 is 5.69 Å². The molecule has 0 radical (unpaired) electrons. The van der Waals surface area contributed by atoms with E-state index in [0.717, 1.165) is 10.9 Å². The number of hydrogen-bond acceptors (Lipinski definition) is 4. The quantitative estimate of drug-likeness (QED) is 0.762. The summed E-state index contributed by atoms with van der Waals surface area (Å²) in [5.41, 5.74) is 1.62. The van der Waals surface area contributed by atoms with Crippen molar-refractivity contribution in [1.29, 1.82) is 0 Å². The van der Waals surface area contributed by atoms with Crippen molar-refractivity contribution < 1.29 is 5.11 Å². The monoisotopic (exact) mass is 315 g/mol. The lowest BCUT2D eigenvalue weighted by Gasteiger charge is -2.14. The average molecular weight is 316 g/mol. The number of benzene rings is 2. The number of aromatic nitrogens is 2. The summed E-state index contributed by atoms with van der Waals surface area (Å²) in [6, 6.07) is 10.1. The molecule has 0 saturated heterocycles. The Balaban J connectivity index is 2.48. The molecule has 1 aromatic heterocycles. The predicted octanol–water partition coefficient (Wildman–Crippen LogP) is 3.09. The van der Waals surface area contributed by atoms with Crippen molar-refractivity contribution in [3.63, 3.8) is 0 Å². The molecule has 1 heterocycles. The largest absolute Gasteiger partial charge is 0.508 e. The standard InChI is InChI=1S/C16H14ClN3O2/c1-9-3-5-11(21)8-13(9)20-14-7-10(17)4-6-12(14)15(18-2)19-16(20)22/h3-8,21H,1-2H3,(H,18,19,22). The Hall–Kier alpha value is -2.53. The van der Waals surface area contributed by atoms with Crippen LogP contribution in [-0.4, -0.2) is 21.7 Å². The normalized spacial score (nSPS) is 10.9. The van der Waals surface area contributed by atoms with Gasteiger partial charge in [0, 0.05) is 23.5 Å². The maximum Gasteiger partial charge on any atom is 0.354 e. The second kappa shape index (κ2) is 5.35. The molecule has 0 bridgehead atoms. The van der Waals surface area contributed by atoms with Crippen molar-refractivity contribution in [3.8, 4) is 11.4 Å². The molecule has 3 rings (SSSR count). The highest BCUT2D eigenvalue weighted by Gasteiger charge is 2.13. The third-order valence-electron chi connectivity index (χ3n) is 3.52. The van der Waals surface area contributed by atoms with Crippen molar-refractivity contribution in [2.75, 3.05) is 12.4 Å². The molecule has 2 aromatic carbocycles. The molecule has 0 amide bonds. The first-order valence-electron chi connectivity index (χ1n) is 6.71. The zero-order valence-electron chi connectivity index (χ0n) is 12.1. The molecule has 0 aliphatic rings. The van der Waals surface area contributed by atoms with E-state index in [9.17, 15) is 9.90 Å². The van der Waals surface area contributed by atoms with E-state index in [4.69, 9.17) is 11.6 Å². The van der Waals surface area contributed by atoms with Crippen molar-refractivity contribution in [1.82, 2.24) is 9.55 Å². The summed E-state index contributed by atoms with van der Waals surface area (Å²) in [5.74, 6) is 0.575. The Kier molecular flexibility index (Phi) is 3.50. The van der Waals surface area contributed by atoms with E-state index in [0.29, 0.717) is 22.0 Å². The number of fused-ring (bicyclic) bond motifs is 1. The molecule has 22 heavy (non-hydrogen) atoms. The van der Waals surface area contributed by atoms with Gasteiger partial charge in [-0.25, -0.2) is 4.79 Å². The molecule has 0 unspecified atom stereocenters. The van der Waals surface area contributed by atoms with Gasteiger partial charge in [0.05, 0.1) is 11.2 Å². The summed E-state index contributed by atoms with van der Waals surface area (Å²) < 4.78 is 1.46. The summed E-state index contributed by atoms with van der Waals surface area (Å²) in [6.45, 7) is 1.86.